The topological polar surface area (TPSA) is 76.7 Å². The number of nitrogens with zero attached hydrogens (tertiary/aromatic N) is 3. The Morgan fingerprint density at radius 2 is 1.94 bits per heavy atom. The molecule has 0 aromatic carbocycles. The zero-order valence-electron chi connectivity index (χ0n) is 9.76. The number of nitrogens with two attached hydrogens (primary N) is 1. The number of rotatable bonds is 6. The van der Waals surface area contributed by atoms with E-state index in [1.807, 2.05) is 12.1 Å². The highest BCUT2D eigenvalue weighted by Gasteiger charge is 1.98. The fourth-order valence-corrected chi connectivity index (χ4v) is 1.62. The van der Waals surface area contributed by atoms with Gasteiger partial charge in [-0.3, -0.25) is 4.98 Å². The average molecular weight is 231 g/mol. The van der Waals surface area contributed by atoms with Crippen molar-refractivity contribution >= 4 is 17.0 Å². The molecule has 0 amide bonds. The maximum atomic E-state index is 5.44. The molecule has 0 aliphatic heterocycles. The fourth-order valence-electron chi connectivity index (χ4n) is 1.62. The van der Waals surface area contributed by atoms with E-state index in [1.165, 1.54) is 0 Å². The van der Waals surface area contributed by atoms with Gasteiger partial charge in [-0.15, -0.1) is 0 Å². The second-order valence-electron chi connectivity index (χ2n) is 3.87. The Balaban J connectivity index is 1.90. The Morgan fingerprint density at radius 3 is 2.82 bits per heavy atom. The lowest BCUT2D eigenvalue weighted by molar-refractivity contribution is 0.706. The first kappa shape index (κ1) is 11.7. The smallest absolute Gasteiger partial charge is 0.180 e. The van der Waals surface area contributed by atoms with E-state index in [-0.39, 0.29) is 0 Å². The summed E-state index contributed by atoms with van der Waals surface area (Å²) < 4.78 is 0. The number of hydrogen-bond acceptors (Lipinski definition) is 5. The number of hydrogen-bond donors (Lipinski definition) is 2. The lowest BCUT2D eigenvalue weighted by atomic mass is 10.2. The van der Waals surface area contributed by atoms with E-state index in [9.17, 15) is 0 Å². The molecule has 0 saturated heterocycles. The Hall–Kier alpha value is -1.75. The summed E-state index contributed by atoms with van der Waals surface area (Å²) in [6, 6.07) is 3.86. The Bertz CT molecular complexity index is 471. The van der Waals surface area contributed by atoms with Gasteiger partial charge in [0.25, 0.3) is 0 Å². The van der Waals surface area contributed by atoms with Crippen LogP contribution in [0.4, 0.5) is 5.82 Å². The largest absolute Gasteiger partial charge is 0.370 e. The number of pyridine rings is 1. The van der Waals surface area contributed by atoms with Gasteiger partial charge >= 0.3 is 0 Å². The van der Waals surface area contributed by atoms with Crippen molar-refractivity contribution in [3.05, 3.63) is 24.5 Å². The quantitative estimate of drug-likeness (QED) is 0.738. The number of fused-ring (bicyclic) bond motifs is 1. The van der Waals surface area contributed by atoms with Gasteiger partial charge in [-0.05, 0) is 31.5 Å². The van der Waals surface area contributed by atoms with Gasteiger partial charge in [-0.1, -0.05) is 6.42 Å². The summed E-state index contributed by atoms with van der Waals surface area (Å²) in [6.07, 6.45) is 6.66. The summed E-state index contributed by atoms with van der Waals surface area (Å²) in [5, 5.41) is 3.28. The molecule has 17 heavy (non-hydrogen) atoms. The summed E-state index contributed by atoms with van der Waals surface area (Å²) in [4.78, 5) is 12.7. The van der Waals surface area contributed by atoms with E-state index in [0.29, 0.717) is 5.65 Å². The lowest BCUT2D eigenvalue weighted by Crippen LogP contribution is -2.05. The molecule has 0 atom stereocenters. The molecule has 0 aliphatic carbocycles. The van der Waals surface area contributed by atoms with E-state index in [0.717, 1.165) is 43.7 Å². The van der Waals surface area contributed by atoms with Crippen LogP contribution >= 0.6 is 0 Å². The van der Waals surface area contributed by atoms with Crippen molar-refractivity contribution in [1.29, 1.82) is 0 Å². The van der Waals surface area contributed by atoms with E-state index in [1.54, 1.807) is 12.4 Å². The van der Waals surface area contributed by atoms with Crippen LogP contribution in [0, 0.1) is 0 Å². The zero-order chi connectivity index (χ0) is 11.9. The Labute approximate surface area is 100 Å². The predicted octanol–water partition coefficient (Wildman–Crippen LogP) is 1.57. The molecule has 5 nitrogen and oxygen atoms in total. The van der Waals surface area contributed by atoms with E-state index in [2.05, 4.69) is 20.3 Å². The highest BCUT2D eigenvalue weighted by molar-refractivity contribution is 5.71. The van der Waals surface area contributed by atoms with Gasteiger partial charge in [0.2, 0.25) is 0 Å². The van der Waals surface area contributed by atoms with Crippen LogP contribution in [-0.4, -0.2) is 28.0 Å². The summed E-state index contributed by atoms with van der Waals surface area (Å²) in [6.45, 7) is 1.68. The van der Waals surface area contributed by atoms with Crippen LogP contribution in [0.25, 0.3) is 11.2 Å². The zero-order valence-corrected chi connectivity index (χ0v) is 9.76. The molecule has 2 aromatic rings. The average Bonchev–Trinajstić information content (AvgIpc) is 2.38. The van der Waals surface area contributed by atoms with Crippen molar-refractivity contribution in [2.24, 2.45) is 5.73 Å². The number of anilines is 1. The molecule has 0 spiro atoms. The van der Waals surface area contributed by atoms with Crippen LogP contribution in [0.5, 0.6) is 0 Å². The minimum Gasteiger partial charge on any atom is -0.370 e. The summed E-state index contributed by atoms with van der Waals surface area (Å²) in [7, 11) is 0. The summed E-state index contributed by atoms with van der Waals surface area (Å²) >= 11 is 0. The van der Waals surface area contributed by atoms with Crippen LogP contribution in [0.1, 0.15) is 19.3 Å². The first-order valence-electron chi connectivity index (χ1n) is 5.92. The highest BCUT2D eigenvalue weighted by atomic mass is 15.0. The molecule has 0 saturated carbocycles. The first-order chi connectivity index (χ1) is 8.40. The van der Waals surface area contributed by atoms with Gasteiger partial charge in [-0.25, -0.2) is 9.97 Å². The summed E-state index contributed by atoms with van der Waals surface area (Å²) in [5.74, 6) is 0.853. The van der Waals surface area contributed by atoms with Crippen molar-refractivity contribution in [3.8, 4) is 0 Å². The molecule has 0 fully saturated rings. The summed E-state index contributed by atoms with van der Waals surface area (Å²) in [5.41, 5.74) is 6.94. The number of nitrogens with one attached hydrogen (secondary N) is 1. The van der Waals surface area contributed by atoms with Crippen molar-refractivity contribution in [3.63, 3.8) is 0 Å². The lowest BCUT2D eigenvalue weighted by Gasteiger charge is -2.05. The maximum absolute atomic E-state index is 5.44. The Kier molecular flexibility index (Phi) is 4.21. The molecular weight excluding hydrogens is 214 g/mol. The van der Waals surface area contributed by atoms with Gasteiger partial charge in [0.15, 0.2) is 5.65 Å². The molecule has 2 aromatic heterocycles. The van der Waals surface area contributed by atoms with Crippen LogP contribution < -0.4 is 11.1 Å². The van der Waals surface area contributed by atoms with Crippen molar-refractivity contribution in [2.75, 3.05) is 18.4 Å². The monoisotopic (exact) mass is 231 g/mol. The van der Waals surface area contributed by atoms with Gasteiger partial charge in [0, 0.05) is 18.9 Å². The van der Waals surface area contributed by atoms with E-state index < -0.39 is 0 Å². The van der Waals surface area contributed by atoms with Gasteiger partial charge < -0.3 is 11.1 Å². The third kappa shape index (κ3) is 3.35. The minimum atomic E-state index is 0.680. The molecule has 90 valence electrons. The maximum Gasteiger partial charge on any atom is 0.180 e. The molecular formula is C12H17N5. The normalized spacial score (nSPS) is 10.6. The molecule has 5 heteroatoms. The van der Waals surface area contributed by atoms with Crippen LogP contribution in [-0.2, 0) is 0 Å². The number of unbranched alkanes of at least 4 members (excludes halogenated alkanes) is 2. The van der Waals surface area contributed by atoms with Gasteiger partial charge in [-0.2, -0.15) is 0 Å². The molecule has 0 bridgehead atoms. The predicted molar refractivity (Wildman–Crippen MR) is 68.7 cm³/mol. The molecule has 0 radical (unpaired) electrons. The third-order valence-electron chi connectivity index (χ3n) is 2.52. The Morgan fingerprint density at radius 1 is 1.06 bits per heavy atom. The number of aromatic nitrogens is 3. The van der Waals surface area contributed by atoms with Crippen LogP contribution in [0.3, 0.4) is 0 Å². The minimum absolute atomic E-state index is 0.680. The standard InChI is InChI=1S/C12H17N5/c13-6-2-1-3-7-15-11-5-4-10-12(17-11)16-9-8-14-10/h4-5,8-9H,1-3,6-7,13H2,(H,15,16,17). The second kappa shape index (κ2) is 6.10. The molecule has 0 unspecified atom stereocenters. The third-order valence-corrected chi connectivity index (χ3v) is 2.52. The SMILES string of the molecule is NCCCCCNc1ccc2nccnc2n1. The first-order valence-corrected chi connectivity index (χ1v) is 5.92. The molecule has 2 heterocycles. The fraction of sp³-hybridized carbons (Fsp3) is 0.417. The van der Waals surface area contributed by atoms with Crippen molar-refractivity contribution in [2.45, 2.75) is 19.3 Å². The van der Waals surface area contributed by atoms with Crippen molar-refractivity contribution < 1.29 is 0 Å². The van der Waals surface area contributed by atoms with E-state index >= 15 is 0 Å². The van der Waals surface area contributed by atoms with Crippen LogP contribution in [0.2, 0.25) is 0 Å². The van der Waals surface area contributed by atoms with Crippen molar-refractivity contribution in [1.82, 2.24) is 15.0 Å². The van der Waals surface area contributed by atoms with Gasteiger partial charge in [0.05, 0.1) is 0 Å². The highest BCUT2D eigenvalue weighted by Crippen LogP contribution is 2.10. The molecule has 0 aliphatic rings. The van der Waals surface area contributed by atoms with Crippen LogP contribution in [0.15, 0.2) is 24.5 Å². The molecule has 3 N–H and O–H groups in total. The van der Waals surface area contributed by atoms with E-state index in [4.69, 9.17) is 5.73 Å². The molecule has 2 rings (SSSR count). The van der Waals surface area contributed by atoms with Gasteiger partial charge in [0.1, 0.15) is 11.3 Å². The second-order valence-corrected chi connectivity index (χ2v) is 3.87.